The predicted octanol–water partition coefficient (Wildman–Crippen LogP) is 3.29. The Kier molecular flexibility index (Phi) is 3.83. The Morgan fingerprint density at radius 2 is 1.91 bits per heavy atom. The van der Waals surface area contributed by atoms with Crippen LogP contribution >= 0.6 is 0 Å². The molecular formula is C18H16O4. The van der Waals surface area contributed by atoms with E-state index in [2.05, 4.69) is 0 Å². The minimum Gasteiger partial charge on any atom is -0.504 e. The first-order chi connectivity index (χ1) is 10.7. The number of hydrogen-bond acceptors (Lipinski definition) is 4. The zero-order valence-electron chi connectivity index (χ0n) is 12.2. The minimum absolute atomic E-state index is 0.0461. The minimum atomic E-state index is -0.0875. The van der Waals surface area contributed by atoms with Gasteiger partial charge in [-0.2, -0.15) is 0 Å². The van der Waals surface area contributed by atoms with E-state index in [0.717, 1.165) is 6.42 Å². The summed E-state index contributed by atoms with van der Waals surface area (Å²) in [6.45, 7) is 0. The van der Waals surface area contributed by atoms with Gasteiger partial charge in [0.05, 0.1) is 18.8 Å². The molecule has 0 aliphatic heterocycles. The van der Waals surface area contributed by atoms with Crippen molar-refractivity contribution in [3.63, 3.8) is 0 Å². The van der Waals surface area contributed by atoms with Gasteiger partial charge < -0.3 is 14.3 Å². The molecule has 0 fully saturated rings. The van der Waals surface area contributed by atoms with Crippen molar-refractivity contribution in [2.45, 2.75) is 12.8 Å². The summed E-state index contributed by atoms with van der Waals surface area (Å²) >= 11 is 0. The smallest absolute Gasteiger partial charge is 0.195 e. The molecule has 0 saturated heterocycles. The van der Waals surface area contributed by atoms with Gasteiger partial charge in [0.2, 0.25) is 0 Å². The Balaban J connectivity index is 1.96. The van der Waals surface area contributed by atoms with Crippen LogP contribution in [0.3, 0.4) is 0 Å². The summed E-state index contributed by atoms with van der Waals surface area (Å²) in [5, 5.41) is 10.2. The van der Waals surface area contributed by atoms with E-state index in [-0.39, 0.29) is 16.9 Å². The van der Waals surface area contributed by atoms with E-state index in [1.807, 2.05) is 30.3 Å². The Bertz CT molecular complexity index is 850. The Morgan fingerprint density at radius 1 is 1.14 bits per heavy atom. The molecule has 1 aromatic heterocycles. The van der Waals surface area contributed by atoms with E-state index < -0.39 is 0 Å². The maximum atomic E-state index is 12.5. The van der Waals surface area contributed by atoms with Crippen LogP contribution in [0.5, 0.6) is 11.5 Å². The zero-order chi connectivity index (χ0) is 15.5. The molecular weight excluding hydrogens is 280 g/mol. The molecule has 0 aliphatic rings. The second-order valence-corrected chi connectivity index (χ2v) is 5.10. The molecule has 0 amide bonds. The van der Waals surface area contributed by atoms with Crippen molar-refractivity contribution in [3.8, 4) is 11.5 Å². The molecule has 0 unspecified atom stereocenters. The van der Waals surface area contributed by atoms with Crippen molar-refractivity contribution in [1.29, 1.82) is 0 Å². The molecule has 3 rings (SSSR count). The number of benzene rings is 2. The van der Waals surface area contributed by atoms with Crippen LogP contribution in [0.2, 0.25) is 0 Å². The van der Waals surface area contributed by atoms with Crippen molar-refractivity contribution < 1.29 is 14.3 Å². The number of ether oxygens (including phenoxy) is 1. The van der Waals surface area contributed by atoms with Gasteiger partial charge >= 0.3 is 0 Å². The normalized spacial score (nSPS) is 10.8. The molecule has 1 heterocycles. The fraction of sp³-hybridized carbons (Fsp3) is 0.167. The fourth-order valence-electron chi connectivity index (χ4n) is 2.44. The highest BCUT2D eigenvalue weighted by atomic mass is 16.5. The molecule has 0 atom stereocenters. The monoisotopic (exact) mass is 296 g/mol. The summed E-state index contributed by atoms with van der Waals surface area (Å²) in [7, 11) is 1.45. The number of phenolic OH excluding ortho intramolecular Hbond substituents is 1. The number of fused-ring (bicyclic) bond motifs is 1. The quantitative estimate of drug-likeness (QED) is 0.802. The second kappa shape index (κ2) is 5.93. The molecule has 4 heteroatoms. The number of hydrogen-bond donors (Lipinski definition) is 1. The van der Waals surface area contributed by atoms with Crippen LogP contribution in [-0.2, 0) is 12.8 Å². The lowest BCUT2D eigenvalue weighted by Gasteiger charge is -2.06. The Morgan fingerprint density at radius 3 is 2.64 bits per heavy atom. The summed E-state index contributed by atoms with van der Waals surface area (Å²) in [5.41, 5.74) is 2.05. The van der Waals surface area contributed by atoms with E-state index in [0.29, 0.717) is 23.0 Å². The topological polar surface area (TPSA) is 59.7 Å². The molecule has 1 N–H and O–H groups in total. The summed E-state index contributed by atoms with van der Waals surface area (Å²) in [4.78, 5) is 12.5. The third-order valence-electron chi connectivity index (χ3n) is 3.67. The molecule has 22 heavy (non-hydrogen) atoms. The van der Waals surface area contributed by atoms with Crippen LogP contribution in [0.15, 0.2) is 57.9 Å². The first-order valence-electron chi connectivity index (χ1n) is 7.04. The molecule has 0 spiro atoms. The lowest BCUT2D eigenvalue weighted by atomic mass is 10.0. The number of methoxy groups -OCH3 is 1. The first-order valence-corrected chi connectivity index (χ1v) is 7.04. The van der Waals surface area contributed by atoms with Crippen molar-refractivity contribution in [1.82, 2.24) is 0 Å². The number of aromatic hydroxyl groups is 1. The van der Waals surface area contributed by atoms with Crippen LogP contribution < -0.4 is 10.2 Å². The Labute approximate surface area is 127 Å². The van der Waals surface area contributed by atoms with Gasteiger partial charge in [-0.3, -0.25) is 4.79 Å². The van der Waals surface area contributed by atoms with Gasteiger partial charge in [0.25, 0.3) is 0 Å². The van der Waals surface area contributed by atoms with E-state index in [9.17, 15) is 9.90 Å². The van der Waals surface area contributed by atoms with Crippen molar-refractivity contribution >= 4 is 11.0 Å². The molecule has 0 bridgehead atoms. The van der Waals surface area contributed by atoms with Crippen LogP contribution in [0, 0.1) is 0 Å². The average molecular weight is 296 g/mol. The molecule has 3 aromatic rings. The van der Waals surface area contributed by atoms with Gasteiger partial charge in [0, 0.05) is 11.6 Å². The van der Waals surface area contributed by atoms with Crippen molar-refractivity contribution in [2.24, 2.45) is 0 Å². The summed E-state index contributed by atoms with van der Waals surface area (Å²) in [6.07, 6.45) is 2.84. The summed E-state index contributed by atoms with van der Waals surface area (Å²) < 4.78 is 10.5. The molecule has 0 aliphatic carbocycles. The third-order valence-corrected chi connectivity index (χ3v) is 3.67. The average Bonchev–Trinajstić information content (AvgIpc) is 2.55. The zero-order valence-corrected chi connectivity index (χ0v) is 12.2. The van der Waals surface area contributed by atoms with Crippen LogP contribution in [0.25, 0.3) is 11.0 Å². The fourth-order valence-corrected chi connectivity index (χ4v) is 2.44. The predicted molar refractivity (Wildman–Crippen MR) is 84.6 cm³/mol. The van der Waals surface area contributed by atoms with Crippen LogP contribution in [-0.4, -0.2) is 12.2 Å². The SMILES string of the molecule is COc1cc2c(=O)c(CCc3ccccc3)coc2cc1O. The second-order valence-electron chi connectivity index (χ2n) is 5.10. The van der Waals surface area contributed by atoms with Gasteiger partial charge in [-0.05, 0) is 24.5 Å². The van der Waals surface area contributed by atoms with Crippen molar-refractivity contribution in [2.75, 3.05) is 7.11 Å². The molecule has 0 saturated carbocycles. The highest BCUT2D eigenvalue weighted by Gasteiger charge is 2.11. The Hall–Kier alpha value is -2.75. The van der Waals surface area contributed by atoms with Gasteiger partial charge in [-0.1, -0.05) is 30.3 Å². The first kappa shape index (κ1) is 14.2. The van der Waals surface area contributed by atoms with Gasteiger partial charge in [0.15, 0.2) is 16.9 Å². The van der Waals surface area contributed by atoms with Crippen LogP contribution in [0.1, 0.15) is 11.1 Å². The third kappa shape index (κ3) is 2.68. The van der Waals surface area contributed by atoms with E-state index in [4.69, 9.17) is 9.15 Å². The van der Waals surface area contributed by atoms with Gasteiger partial charge in [-0.15, -0.1) is 0 Å². The maximum absolute atomic E-state index is 12.5. The molecule has 0 radical (unpaired) electrons. The van der Waals surface area contributed by atoms with Crippen molar-refractivity contribution in [3.05, 3.63) is 70.1 Å². The lowest BCUT2D eigenvalue weighted by molar-refractivity contribution is 0.373. The van der Waals surface area contributed by atoms with Gasteiger partial charge in [0.1, 0.15) is 5.58 Å². The molecule has 112 valence electrons. The summed E-state index contributed by atoms with van der Waals surface area (Å²) in [6, 6.07) is 12.9. The van der Waals surface area contributed by atoms with E-state index in [1.54, 1.807) is 0 Å². The summed E-state index contributed by atoms with van der Waals surface area (Å²) in [5.74, 6) is 0.218. The molecule has 4 nitrogen and oxygen atoms in total. The lowest BCUT2D eigenvalue weighted by Crippen LogP contribution is -2.10. The largest absolute Gasteiger partial charge is 0.504 e. The van der Waals surface area contributed by atoms with Crippen LogP contribution in [0.4, 0.5) is 0 Å². The maximum Gasteiger partial charge on any atom is 0.195 e. The van der Waals surface area contributed by atoms with Gasteiger partial charge in [-0.25, -0.2) is 0 Å². The molecule has 2 aromatic carbocycles. The van der Waals surface area contributed by atoms with E-state index >= 15 is 0 Å². The highest BCUT2D eigenvalue weighted by molar-refractivity contribution is 5.81. The highest BCUT2D eigenvalue weighted by Crippen LogP contribution is 2.29. The standard InChI is InChI=1S/C18H16O4/c1-21-17-9-14-16(10-15(17)19)22-11-13(18(14)20)8-7-12-5-3-2-4-6-12/h2-6,9-11,19H,7-8H2,1H3. The van der Waals surface area contributed by atoms with E-state index in [1.165, 1.54) is 31.1 Å². The number of rotatable bonds is 4. The number of aryl methyl sites for hydroxylation is 2. The number of phenols is 1.